The molecule has 0 radical (unpaired) electrons. The fourth-order valence-corrected chi connectivity index (χ4v) is 1.89. The number of hydrogen-bond acceptors (Lipinski definition) is 3. The number of nitrogens with one attached hydrogen (secondary N) is 1. The average Bonchev–Trinajstić information content (AvgIpc) is 2.26. The summed E-state index contributed by atoms with van der Waals surface area (Å²) in [7, 11) is 0. The first-order valence-corrected chi connectivity index (χ1v) is 6.44. The first-order chi connectivity index (χ1) is 7.67. The van der Waals surface area contributed by atoms with Gasteiger partial charge in [-0.2, -0.15) is 0 Å². The summed E-state index contributed by atoms with van der Waals surface area (Å²) in [5.74, 6) is -0.191. The third-order valence-electron chi connectivity index (χ3n) is 2.14. The lowest BCUT2D eigenvalue weighted by atomic mass is 10.2. The van der Waals surface area contributed by atoms with Crippen LogP contribution in [-0.4, -0.2) is 18.6 Å². The minimum absolute atomic E-state index is 0.191. The Balaban J connectivity index is 2.66. The summed E-state index contributed by atoms with van der Waals surface area (Å²) in [5, 5.41) is 3.17. The van der Waals surface area contributed by atoms with Gasteiger partial charge in [0.05, 0.1) is 6.61 Å². The zero-order valence-electron chi connectivity index (χ0n) is 9.50. The summed E-state index contributed by atoms with van der Waals surface area (Å²) in [4.78, 5) is 11.6. The van der Waals surface area contributed by atoms with Crippen molar-refractivity contribution in [2.24, 2.45) is 0 Å². The largest absolute Gasteiger partial charge is 0.464 e. The van der Waals surface area contributed by atoms with Crippen molar-refractivity contribution in [1.82, 2.24) is 0 Å². The summed E-state index contributed by atoms with van der Waals surface area (Å²) < 4.78 is 6.13. The van der Waals surface area contributed by atoms with E-state index in [2.05, 4.69) is 27.9 Å². The van der Waals surface area contributed by atoms with E-state index >= 15 is 0 Å². The van der Waals surface area contributed by atoms with Crippen LogP contribution in [0.2, 0.25) is 0 Å². The normalized spacial score (nSPS) is 11.9. The summed E-state index contributed by atoms with van der Waals surface area (Å²) in [6.07, 6.45) is 0.713. The molecule has 1 rings (SSSR count). The monoisotopic (exact) mass is 333 g/mol. The minimum Gasteiger partial charge on any atom is -0.464 e. The predicted molar refractivity (Wildman–Crippen MR) is 73.5 cm³/mol. The van der Waals surface area contributed by atoms with Crippen molar-refractivity contribution in [3.8, 4) is 0 Å². The SMILES string of the molecule is CCOC(=O)C(CC)Nc1cccc(I)c1. The molecule has 16 heavy (non-hydrogen) atoms. The summed E-state index contributed by atoms with van der Waals surface area (Å²) >= 11 is 2.24. The van der Waals surface area contributed by atoms with Gasteiger partial charge in [0.15, 0.2) is 0 Å². The molecule has 4 heteroatoms. The topological polar surface area (TPSA) is 38.3 Å². The van der Waals surface area contributed by atoms with E-state index in [0.29, 0.717) is 13.0 Å². The standard InChI is InChI=1S/C12H16INO2/c1-3-11(12(15)16-4-2)14-10-7-5-6-9(13)8-10/h5-8,11,14H,3-4H2,1-2H3. The van der Waals surface area contributed by atoms with Gasteiger partial charge in [-0.15, -0.1) is 0 Å². The van der Waals surface area contributed by atoms with Crippen molar-refractivity contribution in [2.75, 3.05) is 11.9 Å². The van der Waals surface area contributed by atoms with Crippen LogP contribution in [0.1, 0.15) is 20.3 Å². The zero-order valence-corrected chi connectivity index (χ0v) is 11.7. The molecule has 0 bridgehead atoms. The maximum atomic E-state index is 11.6. The highest BCUT2D eigenvalue weighted by Crippen LogP contribution is 2.14. The van der Waals surface area contributed by atoms with Crippen LogP contribution in [0.25, 0.3) is 0 Å². The molecule has 0 heterocycles. The lowest BCUT2D eigenvalue weighted by Crippen LogP contribution is -2.30. The molecule has 0 saturated heterocycles. The molecule has 3 nitrogen and oxygen atoms in total. The van der Waals surface area contributed by atoms with Crippen molar-refractivity contribution in [3.05, 3.63) is 27.8 Å². The van der Waals surface area contributed by atoms with Gasteiger partial charge in [-0.3, -0.25) is 0 Å². The molecule has 1 aromatic rings. The molecule has 1 aromatic carbocycles. The number of carbonyl (C=O) groups is 1. The Kier molecular flexibility index (Phi) is 5.59. The maximum Gasteiger partial charge on any atom is 0.328 e. The number of carbonyl (C=O) groups excluding carboxylic acids is 1. The molecular weight excluding hydrogens is 317 g/mol. The molecule has 1 N–H and O–H groups in total. The Bertz CT molecular complexity index is 355. The van der Waals surface area contributed by atoms with Gasteiger partial charge < -0.3 is 10.1 Å². The Morgan fingerprint density at radius 2 is 2.25 bits per heavy atom. The van der Waals surface area contributed by atoms with Crippen LogP contribution in [0.5, 0.6) is 0 Å². The molecule has 0 fully saturated rings. The third-order valence-corrected chi connectivity index (χ3v) is 2.82. The van der Waals surface area contributed by atoms with Gasteiger partial charge in [-0.05, 0) is 54.1 Å². The van der Waals surface area contributed by atoms with E-state index < -0.39 is 0 Å². The van der Waals surface area contributed by atoms with E-state index in [4.69, 9.17) is 4.74 Å². The Hall–Kier alpha value is -0.780. The van der Waals surface area contributed by atoms with Crippen molar-refractivity contribution >= 4 is 34.2 Å². The van der Waals surface area contributed by atoms with Crippen LogP contribution in [0.4, 0.5) is 5.69 Å². The molecule has 0 aliphatic carbocycles. The highest BCUT2D eigenvalue weighted by molar-refractivity contribution is 14.1. The first-order valence-electron chi connectivity index (χ1n) is 5.36. The van der Waals surface area contributed by atoms with Crippen LogP contribution in [0.15, 0.2) is 24.3 Å². The van der Waals surface area contributed by atoms with Gasteiger partial charge in [0.1, 0.15) is 6.04 Å². The van der Waals surface area contributed by atoms with Crippen molar-refractivity contribution in [1.29, 1.82) is 0 Å². The Morgan fingerprint density at radius 1 is 1.50 bits per heavy atom. The van der Waals surface area contributed by atoms with E-state index in [1.165, 1.54) is 0 Å². The lowest BCUT2D eigenvalue weighted by Gasteiger charge is -2.16. The minimum atomic E-state index is -0.266. The number of anilines is 1. The second-order valence-corrected chi connectivity index (χ2v) is 4.61. The number of benzene rings is 1. The highest BCUT2D eigenvalue weighted by Gasteiger charge is 2.16. The van der Waals surface area contributed by atoms with Gasteiger partial charge in [-0.1, -0.05) is 13.0 Å². The Morgan fingerprint density at radius 3 is 2.81 bits per heavy atom. The number of halogens is 1. The maximum absolute atomic E-state index is 11.6. The molecule has 0 aliphatic heterocycles. The average molecular weight is 333 g/mol. The molecule has 1 unspecified atom stereocenters. The quantitative estimate of drug-likeness (QED) is 0.665. The first kappa shape index (κ1) is 13.3. The molecule has 88 valence electrons. The van der Waals surface area contributed by atoms with Gasteiger partial charge in [-0.25, -0.2) is 4.79 Å². The second kappa shape index (κ2) is 6.73. The number of rotatable bonds is 5. The Labute approximate surface area is 110 Å². The van der Waals surface area contributed by atoms with E-state index in [0.717, 1.165) is 9.26 Å². The van der Waals surface area contributed by atoms with E-state index in [1.54, 1.807) is 0 Å². The second-order valence-electron chi connectivity index (χ2n) is 3.37. The van der Waals surface area contributed by atoms with Crippen LogP contribution in [0.3, 0.4) is 0 Å². The third kappa shape index (κ3) is 4.00. The van der Waals surface area contributed by atoms with Gasteiger partial charge in [0.2, 0.25) is 0 Å². The smallest absolute Gasteiger partial charge is 0.328 e. The molecule has 0 amide bonds. The molecule has 0 aliphatic rings. The predicted octanol–water partition coefficient (Wildman–Crippen LogP) is 3.04. The van der Waals surface area contributed by atoms with Crippen molar-refractivity contribution in [3.63, 3.8) is 0 Å². The molecule has 0 spiro atoms. The number of ether oxygens (including phenoxy) is 1. The van der Waals surface area contributed by atoms with Crippen molar-refractivity contribution in [2.45, 2.75) is 26.3 Å². The van der Waals surface area contributed by atoms with Crippen molar-refractivity contribution < 1.29 is 9.53 Å². The highest BCUT2D eigenvalue weighted by atomic mass is 127. The number of esters is 1. The lowest BCUT2D eigenvalue weighted by molar-refractivity contribution is -0.144. The molecule has 0 saturated carbocycles. The van der Waals surface area contributed by atoms with E-state index in [9.17, 15) is 4.79 Å². The fraction of sp³-hybridized carbons (Fsp3) is 0.417. The van der Waals surface area contributed by atoms with Crippen LogP contribution in [0, 0.1) is 3.57 Å². The van der Waals surface area contributed by atoms with Gasteiger partial charge in [0.25, 0.3) is 0 Å². The molecular formula is C12H16INO2. The fourth-order valence-electron chi connectivity index (χ4n) is 1.35. The summed E-state index contributed by atoms with van der Waals surface area (Å²) in [5.41, 5.74) is 0.951. The van der Waals surface area contributed by atoms with E-state index in [-0.39, 0.29) is 12.0 Å². The van der Waals surface area contributed by atoms with Gasteiger partial charge in [0, 0.05) is 9.26 Å². The van der Waals surface area contributed by atoms with Gasteiger partial charge >= 0.3 is 5.97 Å². The zero-order chi connectivity index (χ0) is 12.0. The van der Waals surface area contributed by atoms with Crippen LogP contribution < -0.4 is 5.32 Å². The molecule has 0 aromatic heterocycles. The number of hydrogen-bond donors (Lipinski definition) is 1. The van der Waals surface area contributed by atoms with Crippen LogP contribution in [-0.2, 0) is 9.53 Å². The van der Waals surface area contributed by atoms with E-state index in [1.807, 2.05) is 38.1 Å². The molecule has 1 atom stereocenters. The summed E-state index contributed by atoms with van der Waals surface area (Å²) in [6.45, 7) is 4.20. The summed E-state index contributed by atoms with van der Waals surface area (Å²) in [6, 6.07) is 7.66. The van der Waals surface area contributed by atoms with Crippen LogP contribution >= 0.6 is 22.6 Å².